The molecule has 1 heterocycles. The number of ketones is 1. The molecule has 0 saturated heterocycles. The Morgan fingerprint density at radius 3 is 2.59 bits per heavy atom. The van der Waals surface area contributed by atoms with E-state index >= 15 is 0 Å². The van der Waals surface area contributed by atoms with Gasteiger partial charge in [-0.25, -0.2) is 0 Å². The summed E-state index contributed by atoms with van der Waals surface area (Å²) in [5, 5.41) is 9.07. The Labute approximate surface area is 104 Å². The van der Waals surface area contributed by atoms with Gasteiger partial charge in [-0.05, 0) is 31.5 Å². The van der Waals surface area contributed by atoms with Crippen LogP contribution in [0.4, 0.5) is 0 Å². The largest absolute Gasteiger partial charge is 0.294 e. The second-order valence-electron chi connectivity index (χ2n) is 3.79. The molecule has 0 spiro atoms. The maximum Gasteiger partial charge on any atom is 0.169 e. The van der Waals surface area contributed by atoms with Crippen molar-refractivity contribution in [1.29, 1.82) is 5.26 Å². The average molecular weight is 241 g/mol. The number of carbonyl (C=O) groups is 1. The van der Waals surface area contributed by atoms with Crippen molar-refractivity contribution in [3.63, 3.8) is 0 Å². The van der Waals surface area contributed by atoms with Gasteiger partial charge in [-0.1, -0.05) is 18.2 Å². The minimum absolute atomic E-state index is 0.0683. The van der Waals surface area contributed by atoms with Gasteiger partial charge in [0, 0.05) is 10.4 Å². The highest BCUT2D eigenvalue weighted by atomic mass is 32.1. The molecule has 0 aliphatic heterocycles. The zero-order valence-electron chi connectivity index (χ0n) is 9.65. The van der Waals surface area contributed by atoms with Crippen LogP contribution in [0.1, 0.15) is 27.0 Å². The highest BCUT2D eigenvalue weighted by Crippen LogP contribution is 2.32. The van der Waals surface area contributed by atoms with E-state index in [9.17, 15) is 4.79 Å². The topological polar surface area (TPSA) is 40.9 Å². The van der Waals surface area contributed by atoms with Crippen LogP contribution in [-0.4, -0.2) is 5.78 Å². The monoisotopic (exact) mass is 241 g/mol. The van der Waals surface area contributed by atoms with E-state index in [4.69, 9.17) is 5.26 Å². The molecule has 0 N–H and O–H groups in total. The van der Waals surface area contributed by atoms with Crippen LogP contribution in [0.2, 0.25) is 0 Å². The number of Topliss-reactive ketones (excluding diaryl/α,β-unsaturated/α-hetero) is 1. The maximum atomic E-state index is 11.3. The van der Waals surface area contributed by atoms with Gasteiger partial charge < -0.3 is 0 Å². The molecular weight excluding hydrogens is 230 g/mol. The molecule has 0 fully saturated rings. The van der Waals surface area contributed by atoms with Crippen molar-refractivity contribution >= 4 is 17.1 Å². The van der Waals surface area contributed by atoms with Gasteiger partial charge in [0.05, 0.1) is 16.5 Å². The van der Waals surface area contributed by atoms with Gasteiger partial charge in [0.25, 0.3) is 0 Å². The standard InChI is InChI=1S/C14H11NOS/c1-9(16)14-7-13(10(2)17-14)12-6-4-3-5-11(12)8-15/h3-7H,1-2H3. The summed E-state index contributed by atoms with van der Waals surface area (Å²) in [6, 6.07) is 11.5. The molecule has 1 aromatic heterocycles. The van der Waals surface area contributed by atoms with E-state index in [1.165, 1.54) is 11.3 Å². The fourth-order valence-corrected chi connectivity index (χ4v) is 2.67. The SMILES string of the molecule is CC(=O)c1cc(-c2ccccc2C#N)c(C)s1. The molecule has 84 valence electrons. The van der Waals surface area contributed by atoms with Gasteiger partial charge in [-0.15, -0.1) is 11.3 Å². The highest BCUT2D eigenvalue weighted by molar-refractivity contribution is 7.14. The molecule has 0 aliphatic rings. The number of benzene rings is 1. The summed E-state index contributed by atoms with van der Waals surface area (Å²) in [7, 11) is 0. The van der Waals surface area contributed by atoms with Crippen LogP contribution >= 0.6 is 11.3 Å². The zero-order valence-corrected chi connectivity index (χ0v) is 10.5. The molecule has 0 radical (unpaired) electrons. The fourth-order valence-electron chi connectivity index (χ4n) is 1.74. The molecule has 0 saturated carbocycles. The van der Waals surface area contributed by atoms with Crippen molar-refractivity contribution in [3.8, 4) is 17.2 Å². The van der Waals surface area contributed by atoms with Gasteiger partial charge in [0.1, 0.15) is 0 Å². The Kier molecular flexibility index (Phi) is 3.08. The van der Waals surface area contributed by atoms with E-state index < -0.39 is 0 Å². The van der Waals surface area contributed by atoms with Gasteiger partial charge in [-0.3, -0.25) is 4.79 Å². The van der Waals surface area contributed by atoms with E-state index in [0.29, 0.717) is 5.56 Å². The lowest BCUT2D eigenvalue weighted by atomic mass is 10.0. The number of hydrogen-bond acceptors (Lipinski definition) is 3. The summed E-state index contributed by atoms with van der Waals surface area (Å²) >= 11 is 1.48. The Bertz CT molecular complexity index is 619. The molecule has 2 aromatic rings. The summed E-state index contributed by atoms with van der Waals surface area (Å²) in [6.07, 6.45) is 0. The van der Waals surface area contributed by atoms with Gasteiger partial charge in [0.2, 0.25) is 0 Å². The lowest BCUT2D eigenvalue weighted by Gasteiger charge is -2.01. The quantitative estimate of drug-likeness (QED) is 0.750. The molecule has 0 amide bonds. The fraction of sp³-hybridized carbons (Fsp3) is 0.143. The van der Waals surface area contributed by atoms with Crippen LogP contribution in [0, 0.1) is 18.3 Å². The second-order valence-corrected chi connectivity index (χ2v) is 5.05. The molecule has 17 heavy (non-hydrogen) atoms. The molecule has 0 bridgehead atoms. The van der Waals surface area contributed by atoms with Crippen molar-refractivity contribution < 1.29 is 4.79 Å². The molecule has 3 heteroatoms. The van der Waals surface area contributed by atoms with E-state index in [1.54, 1.807) is 13.0 Å². The first-order chi connectivity index (χ1) is 8.13. The van der Waals surface area contributed by atoms with Gasteiger partial charge in [-0.2, -0.15) is 5.26 Å². The maximum absolute atomic E-state index is 11.3. The van der Waals surface area contributed by atoms with E-state index in [-0.39, 0.29) is 5.78 Å². The first-order valence-corrected chi connectivity index (χ1v) is 6.06. The van der Waals surface area contributed by atoms with Gasteiger partial charge >= 0.3 is 0 Å². The van der Waals surface area contributed by atoms with Crippen molar-refractivity contribution in [1.82, 2.24) is 0 Å². The van der Waals surface area contributed by atoms with Gasteiger partial charge in [0.15, 0.2) is 5.78 Å². The average Bonchev–Trinajstić information content (AvgIpc) is 2.71. The lowest BCUT2D eigenvalue weighted by Crippen LogP contribution is -1.85. The summed E-state index contributed by atoms with van der Waals surface area (Å²) in [5.41, 5.74) is 2.53. The molecular formula is C14H11NOS. The number of rotatable bonds is 2. The predicted molar refractivity (Wildman–Crippen MR) is 69.2 cm³/mol. The number of nitrogens with zero attached hydrogens (tertiary/aromatic N) is 1. The summed E-state index contributed by atoms with van der Waals surface area (Å²) in [4.78, 5) is 13.2. The first-order valence-electron chi connectivity index (χ1n) is 5.24. The second kappa shape index (κ2) is 4.52. The van der Waals surface area contributed by atoms with Crippen LogP contribution in [0.5, 0.6) is 0 Å². The number of nitriles is 1. The Hall–Kier alpha value is -1.92. The molecule has 0 aliphatic carbocycles. The molecule has 2 rings (SSSR count). The predicted octanol–water partition coefficient (Wildman–Crippen LogP) is 3.80. The van der Waals surface area contributed by atoms with Crippen LogP contribution in [0.3, 0.4) is 0 Å². The van der Waals surface area contributed by atoms with E-state index in [0.717, 1.165) is 20.9 Å². The minimum Gasteiger partial charge on any atom is -0.294 e. The minimum atomic E-state index is 0.0683. The molecule has 0 unspecified atom stereocenters. The van der Waals surface area contributed by atoms with Crippen LogP contribution < -0.4 is 0 Å². The summed E-state index contributed by atoms with van der Waals surface area (Å²) in [6.45, 7) is 3.53. The highest BCUT2D eigenvalue weighted by Gasteiger charge is 2.12. The third kappa shape index (κ3) is 2.13. The molecule has 0 atom stereocenters. The van der Waals surface area contributed by atoms with Crippen molar-refractivity contribution in [3.05, 3.63) is 45.6 Å². The number of thiophene rings is 1. The zero-order chi connectivity index (χ0) is 12.4. The Balaban J connectivity index is 2.61. The number of carbonyl (C=O) groups excluding carboxylic acids is 1. The summed E-state index contributed by atoms with van der Waals surface area (Å²) in [5.74, 6) is 0.0683. The third-order valence-electron chi connectivity index (χ3n) is 2.60. The van der Waals surface area contributed by atoms with Crippen molar-refractivity contribution in [2.24, 2.45) is 0 Å². The van der Waals surface area contributed by atoms with Crippen LogP contribution in [0.15, 0.2) is 30.3 Å². The normalized spacial score (nSPS) is 9.94. The number of aryl methyl sites for hydroxylation is 1. The molecule has 2 nitrogen and oxygen atoms in total. The number of hydrogen-bond donors (Lipinski definition) is 0. The molecule has 1 aromatic carbocycles. The van der Waals surface area contributed by atoms with Crippen molar-refractivity contribution in [2.75, 3.05) is 0 Å². The Morgan fingerprint density at radius 1 is 1.29 bits per heavy atom. The van der Waals surface area contributed by atoms with E-state index in [1.807, 2.05) is 31.2 Å². The first kappa shape index (κ1) is 11.6. The van der Waals surface area contributed by atoms with Crippen molar-refractivity contribution in [2.45, 2.75) is 13.8 Å². The smallest absolute Gasteiger partial charge is 0.169 e. The van der Waals surface area contributed by atoms with Crippen LogP contribution in [-0.2, 0) is 0 Å². The summed E-state index contributed by atoms with van der Waals surface area (Å²) < 4.78 is 0. The Morgan fingerprint density at radius 2 is 2.00 bits per heavy atom. The third-order valence-corrected chi connectivity index (χ3v) is 3.75. The van der Waals surface area contributed by atoms with Crippen LogP contribution in [0.25, 0.3) is 11.1 Å². The van der Waals surface area contributed by atoms with E-state index in [2.05, 4.69) is 6.07 Å². The lowest BCUT2D eigenvalue weighted by molar-refractivity contribution is 0.102.